The van der Waals surface area contributed by atoms with Crippen molar-refractivity contribution >= 4 is 5.91 Å². The third-order valence-electron chi connectivity index (χ3n) is 1.99. The lowest BCUT2D eigenvalue weighted by Gasteiger charge is -2.22. The van der Waals surface area contributed by atoms with Crippen molar-refractivity contribution in [1.29, 1.82) is 0 Å². The van der Waals surface area contributed by atoms with Crippen LogP contribution in [0.5, 0.6) is 0 Å². The lowest BCUT2D eigenvalue weighted by atomic mass is 10.1. The molecule has 0 aliphatic carbocycles. The zero-order valence-electron chi connectivity index (χ0n) is 9.57. The van der Waals surface area contributed by atoms with E-state index in [1.54, 1.807) is 20.9 Å². The van der Waals surface area contributed by atoms with E-state index in [1.807, 2.05) is 0 Å². The van der Waals surface area contributed by atoms with Gasteiger partial charge in [-0.1, -0.05) is 0 Å². The Morgan fingerprint density at radius 1 is 1.31 bits per heavy atom. The molecule has 0 fully saturated rings. The van der Waals surface area contributed by atoms with Crippen LogP contribution in [-0.4, -0.2) is 44.4 Å². The minimum absolute atomic E-state index is 0.0556. The number of nitrogens with one attached hydrogen (secondary N) is 2. The van der Waals surface area contributed by atoms with Crippen molar-refractivity contribution in [2.75, 3.05) is 26.8 Å². The number of alkyl halides is 3. The first kappa shape index (κ1) is 15.2. The molecule has 0 atom stereocenters. The molecule has 0 saturated carbocycles. The van der Waals surface area contributed by atoms with Gasteiger partial charge in [-0.25, -0.2) is 0 Å². The molecule has 0 heterocycles. The highest BCUT2D eigenvalue weighted by molar-refractivity contribution is 5.85. The third kappa shape index (κ3) is 6.62. The number of amides is 1. The SMILES string of the molecule is CNC(C)(C)C(=O)NCCOCC(F)(F)F. The molecule has 0 aromatic carbocycles. The molecule has 2 N–H and O–H groups in total. The second-order valence-electron chi connectivity index (χ2n) is 3.80. The van der Waals surface area contributed by atoms with Gasteiger partial charge in [0.05, 0.1) is 12.1 Å². The Labute approximate surface area is 92.5 Å². The van der Waals surface area contributed by atoms with Gasteiger partial charge in [-0.3, -0.25) is 4.79 Å². The van der Waals surface area contributed by atoms with Gasteiger partial charge < -0.3 is 15.4 Å². The second-order valence-corrected chi connectivity index (χ2v) is 3.80. The average molecular weight is 242 g/mol. The van der Waals surface area contributed by atoms with Crippen LogP contribution in [0.15, 0.2) is 0 Å². The minimum Gasteiger partial charge on any atom is -0.370 e. The van der Waals surface area contributed by atoms with Gasteiger partial charge in [0.2, 0.25) is 5.91 Å². The van der Waals surface area contributed by atoms with Crippen LogP contribution in [0.4, 0.5) is 13.2 Å². The normalized spacial score (nSPS) is 12.6. The summed E-state index contributed by atoms with van der Waals surface area (Å²) in [5.74, 6) is -0.286. The topological polar surface area (TPSA) is 50.4 Å². The van der Waals surface area contributed by atoms with Crippen molar-refractivity contribution in [3.05, 3.63) is 0 Å². The van der Waals surface area contributed by atoms with Crippen LogP contribution in [0.2, 0.25) is 0 Å². The van der Waals surface area contributed by atoms with Gasteiger partial charge >= 0.3 is 6.18 Å². The van der Waals surface area contributed by atoms with Crippen LogP contribution in [0.25, 0.3) is 0 Å². The summed E-state index contributed by atoms with van der Waals surface area (Å²) in [6, 6.07) is 0. The molecule has 4 nitrogen and oxygen atoms in total. The zero-order chi connectivity index (χ0) is 12.8. The molecule has 0 unspecified atom stereocenters. The molecule has 7 heteroatoms. The molecule has 0 aliphatic rings. The zero-order valence-corrected chi connectivity index (χ0v) is 9.57. The molecule has 0 rings (SSSR count). The van der Waals surface area contributed by atoms with Crippen LogP contribution in [0.3, 0.4) is 0 Å². The van der Waals surface area contributed by atoms with Gasteiger partial charge in [-0.15, -0.1) is 0 Å². The highest BCUT2D eigenvalue weighted by Gasteiger charge is 2.27. The van der Waals surface area contributed by atoms with Crippen LogP contribution in [0, 0.1) is 0 Å². The lowest BCUT2D eigenvalue weighted by molar-refractivity contribution is -0.173. The number of carbonyl (C=O) groups is 1. The predicted octanol–water partition coefficient (Wildman–Crippen LogP) is 0.679. The molecule has 0 bridgehead atoms. The summed E-state index contributed by atoms with van der Waals surface area (Å²) in [6.45, 7) is 1.93. The van der Waals surface area contributed by atoms with E-state index in [-0.39, 0.29) is 19.1 Å². The highest BCUT2D eigenvalue weighted by atomic mass is 19.4. The molecule has 0 radical (unpaired) electrons. The monoisotopic (exact) mass is 242 g/mol. The minimum atomic E-state index is -4.33. The van der Waals surface area contributed by atoms with Crippen molar-refractivity contribution in [1.82, 2.24) is 10.6 Å². The Morgan fingerprint density at radius 3 is 2.31 bits per heavy atom. The average Bonchev–Trinajstić information content (AvgIpc) is 2.15. The van der Waals surface area contributed by atoms with Gasteiger partial charge in [-0.05, 0) is 20.9 Å². The van der Waals surface area contributed by atoms with E-state index in [2.05, 4.69) is 15.4 Å². The molecule has 0 saturated heterocycles. The summed E-state index contributed by atoms with van der Waals surface area (Å²) in [7, 11) is 1.62. The van der Waals surface area contributed by atoms with E-state index in [1.165, 1.54) is 0 Å². The molecule has 96 valence electrons. The first-order chi connectivity index (χ1) is 7.19. The maximum Gasteiger partial charge on any atom is 0.411 e. The van der Waals surface area contributed by atoms with Crippen molar-refractivity contribution < 1.29 is 22.7 Å². The summed E-state index contributed by atoms with van der Waals surface area (Å²) >= 11 is 0. The summed E-state index contributed by atoms with van der Waals surface area (Å²) < 4.78 is 39.3. The highest BCUT2D eigenvalue weighted by Crippen LogP contribution is 2.13. The van der Waals surface area contributed by atoms with Crippen LogP contribution in [0.1, 0.15) is 13.8 Å². The molecule has 1 amide bonds. The molecule has 0 spiro atoms. The van der Waals surface area contributed by atoms with E-state index in [9.17, 15) is 18.0 Å². The molecular weight excluding hydrogens is 225 g/mol. The fourth-order valence-electron chi connectivity index (χ4n) is 0.759. The van der Waals surface area contributed by atoms with Gasteiger partial charge in [0.25, 0.3) is 0 Å². The molecule has 0 aliphatic heterocycles. The number of hydrogen-bond donors (Lipinski definition) is 2. The lowest BCUT2D eigenvalue weighted by Crippen LogP contribution is -2.51. The van der Waals surface area contributed by atoms with E-state index >= 15 is 0 Å². The van der Waals surface area contributed by atoms with Crippen LogP contribution in [-0.2, 0) is 9.53 Å². The van der Waals surface area contributed by atoms with Gasteiger partial charge in [0.1, 0.15) is 6.61 Å². The maximum atomic E-state index is 11.7. The van der Waals surface area contributed by atoms with Gasteiger partial charge in [-0.2, -0.15) is 13.2 Å². The van der Waals surface area contributed by atoms with Crippen molar-refractivity contribution in [2.24, 2.45) is 0 Å². The maximum absolute atomic E-state index is 11.7. The number of likely N-dealkylation sites (N-methyl/N-ethyl adjacent to an activating group) is 1. The van der Waals surface area contributed by atoms with E-state index in [0.29, 0.717) is 0 Å². The molecule has 0 aromatic heterocycles. The summed E-state index contributed by atoms with van der Waals surface area (Å²) in [5, 5.41) is 5.24. The largest absolute Gasteiger partial charge is 0.411 e. The second kappa shape index (κ2) is 6.05. The van der Waals surface area contributed by atoms with Crippen molar-refractivity contribution in [3.8, 4) is 0 Å². The molecule has 0 aromatic rings. The Morgan fingerprint density at radius 2 is 1.88 bits per heavy atom. The third-order valence-corrected chi connectivity index (χ3v) is 1.99. The van der Waals surface area contributed by atoms with E-state index < -0.39 is 18.3 Å². The smallest absolute Gasteiger partial charge is 0.370 e. The molecular formula is C9H17F3N2O2. The van der Waals surface area contributed by atoms with E-state index in [0.717, 1.165) is 0 Å². The summed E-state index contributed by atoms with van der Waals surface area (Å²) in [4.78, 5) is 11.4. The van der Waals surface area contributed by atoms with Crippen LogP contribution < -0.4 is 10.6 Å². The standard InChI is InChI=1S/C9H17F3N2O2/c1-8(2,13-3)7(15)14-4-5-16-6-9(10,11)12/h13H,4-6H2,1-3H3,(H,14,15). The number of ether oxygens (including phenoxy) is 1. The number of carbonyl (C=O) groups excluding carboxylic acids is 1. The Kier molecular flexibility index (Phi) is 5.74. The summed E-state index contributed by atoms with van der Waals surface area (Å²) in [5.41, 5.74) is -0.746. The summed E-state index contributed by atoms with van der Waals surface area (Å²) in [6.07, 6.45) is -4.33. The quantitative estimate of drug-likeness (QED) is 0.673. The Bertz CT molecular complexity index is 229. The fourth-order valence-corrected chi connectivity index (χ4v) is 0.759. The van der Waals surface area contributed by atoms with Crippen LogP contribution >= 0.6 is 0 Å². The first-order valence-corrected chi connectivity index (χ1v) is 4.81. The predicted molar refractivity (Wildman–Crippen MR) is 53.0 cm³/mol. The number of hydrogen-bond acceptors (Lipinski definition) is 3. The number of halogens is 3. The Balaban J connectivity index is 3.64. The van der Waals surface area contributed by atoms with Crippen molar-refractivity contribution in [3.63, 3.8) is 0 Å². The van der Waals surface area contributed by atoms with Gasteiger partial charge in [0, 0.05) is 6.54 Å². The Hall–Kier alpha value is -0.820. The van der Waals surface area contributed by atoms with Crippen molar-refractivity contribution in [2.45, 2.75) is 25.6 Å². The van der Waals surface area contributed by atoms with E-state index in [4.69, 9.17) is 0 Å². The first-order valence-electron chi connectivity index (χ1n) is 4.81. The fraction of sp³-hybridized carbons (Fsp3) is 0.889. The van der Waals surface area contributed by atoms with Gasteiger partial charge in [0.15, 0.2) is 0 Å². The number of rotatable bonds is 6. The molecule has 16 heavy (non-hydrogen) atoms.